The largest absolute Gasteiger partial charge is 0.377 e. The van der Waals surface area contributed by atoms with Crippen LogP contribution in [-0.2, 0) is 16.1 Å². The van der Waals surface area contributed by atoms with Gasteiger partial charge < -0.3 is 19.9 Å². The molecule has 11 heteroatoms. The van der Waals surface area contributed by atoms with E-state index in [4.69, 9.17) is 16.3 Å². The number of hydrogen-bond donors (Lipinski definition) is 2. The zero-order valence-electron chi connectivity index (χ0n) is 16.2. The summed E-state index contributed by atoms with van der Waals surface area (Å²) in [5, 5.41) is 14.9. The van der Waals surface area contributed by atoms with Gasteiger partial charge in [-0.25, -0.2) is 4.79 Å². The van der Waals surface area contributed by atoms with Crippen LogP contribution < -0.4 is 15.5 Å². The van der Waals surface area contributed by atoms with Gasteiger partial charge in [-0.3, -0.25) is 10.1 Å². The van der Waals surface area contributed by atoms with E-state index in [1.807, 2.05) is 24.3 Å². The van der Waals surface area contributed by atoms with E-state index in [-0.39, 0.29) is 11.9 Å². The van der Waals surface area contributed by atoms with Crippen molar-refractivity contribution in [3.05, 3.63) is 34.3 Å². The third kappa shape index (κ3) is 5.78. The van der Waals surface area contributed by atoms with E-state index in [1.54, 1.807) is 18.9 Å². The van der Waals surface area contributed by atoms with Gasteiger partial charge in [0.25, 0.3) is 0 Å². The molecule has 2 aromatic rings. The Bertz CT molecular complexity index is 838. The lowest BCUT2D eigenvalue weighted by Gasteiger charge is -2.36. The third-order valence-electron chi connectivity index (χ3n) is 4.46. The molecule has 1 saturated heterocycles. The third-order valence-corrected chi connectivity index (χ3v) is 5.52. The number of carbonyl (C=O) groups is 2. The summed E-state index contributed by atoms with van der Waals surface area (Å²) in [6.45, 7) is 4.53. The Morgan fingerprint density at radius 1 is 1.21 bits per heavy atom. The summed E-state index contributed by atoms with van der Waals surface area (Å²) >= 11 is 7.16. The van der Waals surface area contributed by atoms with Crippen molar-refractivity contribution in [1.29, 1.82) is 0 Å². The zero-order chi connectivity index (χ0) is 20.8. The number of nitrogens with zero attached hydrogens (tertiary/aromatic N) is 4. The highest BCUT2D eigenvalue weighted by molar-refractivity contribution is 7.15. The van der Waals surface area contributed by atoms with E-state index in [2.05, 4.69) is 25.7 Å². The first kappa shape index (κ1) is 21.3. The number of ether oxygens (including phenoxy) is 1. The van der Waals surface area contributed by atoms with Crippen LogP contribution in [0.25, 0.3) is 0 Å². The van der Waals surface area contributed by atoms with E-state index < -0.39 is 6.04 Å². The van der Waals surface area contributed by atoms with Gasteiger partial charge in [-0.05, 0) is 31.2 Å². The maximum absolute atomic E-state index is 12.5. The smallest absolute Gasteiger partial charge is 0.318 e. The van der Waals surface area contributed by atoms with Crippen molar-refractivity contribution in [2.75, 3.05) is 43.5 Å². The second kappa shape index (κ2) is 9.86. The number of urea groups is 1. The highest BCUT2D eigenvalue weighted by Crippen LogP contribution is 2.19. The average Bonchev–Trinajstić information content (AvgIpc) is 3.16. The van der Waals surface area contributed by atoms with Gasteiger partial charge in [-0.15, -0.1) is 10.2 Å². The van der Waals surface area contributed by atoms with Crippen LogP contribution in [0, 0.1) is 0 Å². The van der Waals surface area contributed by atoms with Gasteiger partial charge in [0.2, 0.25) is 11.0 Å². The number of rotatable bonds is 6. The number of nitrogens with one attached hydrogen (secondary N) is 2. The molecule has 0 radical (unpaired) electrons. The van der Waals surface area contributed by atoms with Crippen molar-refractivity contribution in [1.82, 2.24) is 20.4 Å². The quantitative estimate of drug-likeness (QED) is 0.717. The van der Waals surface area contributed by atoms with Crippen LogP contribution >= 0.6 is 22.9 Å². The predicted molar refractivity (Wildman–Crippen MR) is 112 cm³/mol. The molecular weight excluding hydrogens is 416 g/mol. The first-order valence-corrected chi connectivity index (χ1v) is 10.3. The van der Waals surface area contributed by atoms with Gasteiger partial charge >= 0.3 is 6.03 Å². The Morgan fingerprint density at radius 2 is 1.90 bits per heavy atom. The summed E-state index contributed by atoms with van der Waals surface area (Å²) in [4.78, 5) is 28.7. The zero-order valence-corrected chi connectivity index (χ0v) is 17.8. The first-order valence-electron chi connectivity index (χ1n) is 9.14. The molecule has 1 aromatic carbocycles. The van der Waals surface area contributed by atoms with E-state index in [9.17, 15) is 9.59 Å². The van der Waals surface area contributed by atoms with Crippen molar-refractivity contribution in [3.8, 4) is 0 Å². The molecule has 0 aliphatic carbocycles. The van der Waals surface area contributed by atoms with Gasteiger partial charge in [-0.1, -0.05) is 22.9 Å². The number of anilines is 2. The lowest BCUT2D eigenvalue weighted by molar-refractivity contribution is -0.117. The number of hydrogen-bond acceptors (Lipinski definition) is 7. The van der Waals surface area contributed by atoms with Gasteiger partial charge in [0.05, 0.1) is 0 Å². The molecule has 3 amide bonds. The van der Waals surface area contributed by atoms with Crippen molar-refractivity contribution >= 4 is 45.7 Å². The average molecular weight is 439 g/mol. The summed E-state index contributed by atoms with van der Waals surface area (Å²) < 4.78 is 4.98. The summed E-state index contributed by atoms with van der Waals surface area (Å²) in [6, 6.07) is 6.68. The summed E-state index contributed by atoms with van der Waals surface area (Å²) in [7, 11) is 1.56. The SMILES string of the molecule is COCc1nnc(NC(=O)C(C)NC(=O)N2CCN(c3ccc(Cl)cc3)CC2)s1. The van der Waals surface area contributed by atoms with Crippen molar-refractivity contribution in [2.45, 2.75) is 19.6 Å². The van der Waals surface area contributed by atoms with Crippen LogP contribution in [0.1, 0.15) is 11.9 Å². The molecule has 0 bridgehead atoms. The van der Waals surface area contributed by atoms with Crippen LogP contribution in [-0.4, -0.2) is 66.4 Å². The number of halogens is 1. The summed E-state index contributed by atoms with van der Waals surface area (Å²) in [6.07, 6.45) is 0. The van der Waals surface area contributed by atoms with Gasteiger partial charge in [0, 0.05) is 44.0 Å². The number of amides is 3. The van der Waals surface area contributed by atoms with Crippen LogP contribution in [0.4, 0.5) is 15.6 Å². The van der Waals surface area contributed by atoms with Crippen molar-refractivity contribution in [3.63, 3.8) is 0 Å². The fourth-order valence-corrected chi connectivity index (χ4v) is 3.70. The minimum absolute atomic E-state index is 0.263. The highest BCUT2D eigenvalue weighted by Gasteiger charge is 2.24. The first-order chi connectivity index (χ1) is 14.0. The Labute approximate surface area is 178 Å². The molecule has 0 spiro atoms. The molecule has 1 aliphatic heterocycles. The normalized spacial score (nSPS) is 15.1. The molecule has 2 N–H and O–H groups in total. The molecule has 9 nitrogen and oxygen atoms in total. The number of aromatic nitrogens is 2. The molecule has 1 fully saturated rings. The van der Waals surface area contributed by atoms with Crippen molar-refractivity contribution in [2.24, 2.45) is 0 Å². The predicted octanol–water partition coefficient (Wildman–Crippen LogP) is 2.20. The number of piperazine rings is 1. The molecule has 0 saturated carbocycles. The minimum Gasteiger partial charge on any atom is -0.377 e. The molecule has 1 aliphatic rings. The van der Waals surface area contributed by atoms with E-state index in [0.29, 0.717) is 47.9 Å². The molecule has 1 atom stereocenters. The van der Waals surface area contributed by atoms with Crippen LogP contribution in [0.3, 0.4) is 0 Å². The summed E-state index contributed by atoms with van der Waals surface area (Å²) in [5.41, 5.74) is 1.08. The molecular formula is C18H23ClN6O3S. The fraction of sp³-hybridized carbons (Fsp3) is 0.444. The van der Waals surface area contributed by atoms with E-state index in [1.165, 1.54) is 11.3 Å². The molecule has 1 unspecified atom stereocenters. The van der Waals surface area contributed by atoms with Crippen molar-refractivity contribution < 1.29 is 14.3 Å². The summed E-state index contributed by atoms with van der Waals surface area (Å²) in [5.74, 6) is -0.349. The molecule has 1 aromatic heterocycles. The monoisotopic (exact) mass is 438 g/mol. The fourth-order valence-electron chi connectivity index (χ4n) is 2.86. The number of carbonyl (C=O) groups excluding carboxylic acids is 2. The number of methoxy groups -OCH3 is 1. The molecule has 156 valence electrons. The topological polar surface area (TPSA) is 99.7 Å². The Morgan fingerprint density at radius 3 is 2.55 bits per heavy atom. The lowest BCUT2D eigenvalue weighted by atomic mass is 10.2. The van der Waals surface area contributed by atoms with E-state index in [0.717, 1.165) is 5.69 Å². The standard InChI is InChI=1S/C18H23ClN6O3S/c1-12(16(26)21-17-23-22-15(29-17)11-28-2)20-18(27)25-9-7-24(8-10-25)14-5-3-13(19)4-6-14/h3-6,12H,7-11H2,1-2H3,(H,20,27)(H,21,23,26). The molecule has 3 rings (SSSR count). The van der Waals surface area contributed by atoms with E-state index >= 15 is 0 Å². The second-order valence-electron chi connectivity index (χ2n) is 6.54. The van der Waals surface area contributed by atoms with Crippen LogP contribution in [0.5, 0.6) is 0 Å². The minimum atomic E-state index is -0.702. The second-order valence-corrected chi connectivity index (χ2v) is 8.04. The number of benzene rings is 1. The Balaban J connectivity index is 1.45. The molecule has 29 heavy (non-hydrogen) atoms. The highest BCUT2D eigenvalue weighted by atomic mass is 35.5. The maximum atomic E-state index is 12.5. The van der Waals surface area contributed by atoms with Crippen LogP contribution in [0.2, 0.25) is 5.02 Å². The van der Waals surface area contributed by atoms with Gasteiger partial charge in [0.15, 0.2) is 0 Å². The maximum Gasteiger partial charge on any atom is 0.318 e. The Kier molecular flexibility index (Phi) is 7.24. The Hall–Kier alpha value is -2.43. The van der Waals surface area contributed by atoms with Gasteiger partial charge in [0.1, 0.15) is 17.7 Å². The molecule has 2 heterocycles. The van der Waals surface area contributed by atoms with Crippen LogP contribution in [0.15, 0.2) is 24.3 Å². The lowest BCUT2D eigenvalue weighted by Crippen LogP contribution is -2.54. The van der Waals surface area contributed by atoms with Gasteiger partial charge in [-0.2, -0.15) is 0 Å².